The Morgan fingerprint density at radius 3 is 2.11 bits per heavy atom. The molecule has 0 radical (unpaired) electrons. The molecule has 0 amide bonds. The summed E-state index contributed by atoms with van der Waals surface area (Å²) in [6.07, 6.45) is 1.89. The average molecular weight is 597 g/mol. The Kier molecular flexibility index (Phi) is 5.68. The van der Waals surface area contributed by atoms with Crippen LogP contribution in [0.3, 0.4) is 0 Å². The first kappa shape index (κ1) is 26.1. The maximum absolute atomic E-state index is 5.34. The van der Waals surface area contributed by atoms with Crippen molar-refractivity contribution in [1.29, 1.82) is 0 Å². The molecule has 5 aromatic carbocycles. The third kappa shape index (κ3) is 3.87. The lowest BCUT2D eigenvalue weighted by Crippen LogP contribution is -2.31. The van der Waals surface area contributed by atoms with Gasteiger partial charge in [0.15, 0.2) is 5.82 Å². The summed E-state index contributed by atoms with van der Waals surface area (Å²) in [7, 11) is 0. The molecule has 214 valence electrons. The van der Waals surface area contributed by atoms with Crippen LogP contribution in [0.2, 0.25) is 0 Å². The van der Waals surface area contributed by atoms with E-state index < -0.39 is 0 Å². The van der Waals surface area contributed by atoms with Gasteiger partial charge >= 0.3 is 0 Å². The highest BCUT2D eigenvalue weighted by atomic mass is 32.1. The first-order chi connectivity index (χ1) is 22.1. The lowest BCUT2D eigenvalue weighted by atomic mass is 9.71. The minimum atomic E-state index is -0.266. The second-order valence-electron chi connectivity index (χ2n) is 12.1. The van der Waals surface area contributed by atoms with E-state index in [0.717, 1.165) is 33.2 Å². The highest BCUT2D eigenvalue weighted by Crippen LogP contribution is 2.58. The topological polar surface area (TPSA) is 41.9 Å². The SMILES string of the molecule is CC1(C)c2ccccc2N(c2cc(-c3ccccc3)nc(-c3ccccc3)n2)c2c1c1ccccc1c1c2sc2ncccc21. The molecule has 0 aliphatic carbocycles. The third-order valence-corrected chi connectivity index (χ3v) is 10.2. The molecule has 0 atom stereocenters. The van der Waals surface area contributed by atoms with E-state index in [2.05, 4.69) is 116 Å². The van der Waals surface area contributed by atoms with Crippen LogP contribution in [0.15, 0.2) is 134 Å². The molecule has 0 saturated heterocycles. The van der Waals surface area contributed by atoms with Gasteiger partial charge in [0.1, 0.15) is 10.6 Å². The van der Waals surface area contributed by atoms with Crippen molar-refractivity contribution in [2.24, 2.45) is 0 Å². The van der Waals surface area contributed by atoms with Gasteiger partial charge in [-0.1, -0.05) is 117 Å². The molecular formula is C40H28N4S. The number of thiophene rings is 1. The molecule has 5 heteroatoms. The molecule has 45 heavy (non-hydrogen) atoms. The van der Waals surface area contributed by atoms with Crippen LogP contribution in [0, 0.1) is 0 Å². The van der Waals surface area contributed by atoms with Gasteiger partial charge in [-0.15, -0.1) is 11.3 Å². The summed E-state index contributed by atoms with van der Waals surface area (Å²) in [4.78, 5) is 18.7. The Morgan fingerprint density at radius 1 is 0.644 bits per heavy atom. The number of benzene rings is 5. The van der Waals surface area contributed by atoms with E-state index in [1.807, 2.05) is 36.5 Å². The maximum Gasteiger partial charge on any atom is 0.162 e. The lowest BCUT2D eigenvalue weighted by molar-refractivity contribution is 0.638. The van der Waals surface area contributed by atoms with E-state index in [1.54, 1.807) is 11.3 Å². The van der Waals surface area contributed by atoms with Gasteiger partial charge in [-0.25, -0.2) is 15.0 Å². The van der Waals surface area contributed by atoms with Crippen LogP contribution in [-0.4, -0.2) is 15.0 Å². The van der Waals surface area contributed by atoms with Crippen molar-refractivity contribution < 1.29 is 0 Å². The molecule has 0 N–H and O–H groups in total. The van der Waals surface area contributed by atoms with Crippen molar-refractivity contribution in [2.75, 3.05) is 4.90 Å². The number of anilines is 3. The minimum Gasteiger partial charge on any atom is -0.293 e. The van der Waals surface area contributed by atoms with Gasteiger partial charge < -0.3 is 0 Å². The van der Waals surface area contributed by atoms with Gasteiger partial charge in [0.25, 0.3) is 0 Å². The molecule has 4 heterocycles. The van der Waals surface area contributed by atoms with Crippen molar-refractivity contribution in [3.05, 3.63) is 145 Å². The largest absolute Gasteiger partial charge is 0.293 e. The van der Waals surface area contributed by atoms with Crippen molar-refractivity contribution >= 4 is 59.6 Å². The number of nitrogens with zero attached hydrogens (tertiary/aromatic N) is 4. The van der Waals surface area contributed by atoms with Gasteiger partial charge in [0.2, 0.25) is 0 Å². The minimum absolute atomic E-state index is 0.266. The Bertz CT molecular complexity index is 2350. The summed E-state index contributed by atoms with van der Waals surface area (Å²) in [6.45, 7) is 4.72. The highest BCUT2D eigenvalue weighted by Gasteiger charge is 2.41. The van der Waals surface area contributed by atoms with Gasteiger partial charge in [-0.05, 0) is 40.1 Å². The normalized spacial score (nSPS) is 13.7. The standard InChI is InChI=1S/C40H28N4S/c1-40(2)30-21-11-12-22-32(30)44(33-24-31(25-14-5-3-6-15-25)42-38(43-33)26-16-7-4-8-17-26)36-35(40)28-19-10-9-18-27(28)34-29-20-13-23-41-39(29)45-37(34)36/h3-24H,1-2H3. The fourth-order valence-corrected chi connectivity index (χ4v) is 8.28. The van der Waals surface area contributed by atoms with Crippen LogP contribution < -0.4 is 4.90 Å². The molecule has 1 aliphatic heterocycles. The molecule has 4 nitrogen and oxygen atoms in total. The number of pyridine rings is 1. The lowest BCUT2D eigenvalue weighted by Gasteiger charge is -2.42. The predicted molar refractivity (Wildman–Crippen MR) is 188 cm³/mol. The molecule has 0 unspecified atom stereocenters. The molecule has 0 fully saturated rings. The zero-order chi connectivity index (χ0) is 30.1. The van der Waals surface area contributed by atoms with E-state index in [9.17, 15) is 0 Å². The maximum atomic E-state index is 5.34. The van der Waals surface area contributed by atoms with Gasteiger partial charge in [-0.3, -0.25) is 4.90 Å². The molecule has 0 spiro atoms. The van der Waals surface area contributed by atoms with Crippen LogP contribution in [0.1, 0.15) is 25.0 Å². The molecular weight excluding hydrogens is 569 g/mol. The monoisotopic (exact) mass is 596 g/mol. The summed E-state index contributed by atoms with van der Waals surface area (Å²) in [5, 5.41) is 4.95. The predicted octanol–water partition coefficient (Wildman–Crippen LogP) is 10.8. The quantitative estimate of drug-likeness (QED) is 0.203. The third-order valence-electron chi connectivity index (χ3n) is 9.09. The van der Waals surface area contributed by atoms with Crippen LogP contribution in [0.25, 0.3) is 53.7 Å². The van der Waals surface area contributed by atoms with Gasteiger partial charge in [0.05, 0.1) is 21.8 Å². The number of aromatic nitrogens is 3. The van der Waals surface area contributed by atoms with Crippen molar-refractivity contribution in [3.63, 3.8) is 0 Å². The first-order valence-corrected chi connectivity index (χ1v) is 16.0. The number of hydrogen-bond acceptors (Lipinski definition) is 5. The number of para-hydroxylation sites is 1. The van der Waals surface area contributed by atoms with Crippen LogP contribution in [0.5, 0.6) is 0 Å². The van der Waals surface area contributed by atoms with E-state index >= 15 is 0 Å². The van der Waals surface area contributed by atoms with Crippen LogP contribution >= 0.6 is 11.3 Å². The number of hydrogen-bond donors (Lipinski definition) is 0. The molecule has 1 aliphatic rings. The first-order valence-electron chi connectivity index (χ1n) is 15.2. The molecule has 3 aromatic heterocycles. The van der Waals surface area contributed by atoms with Crippen molar-refractivity contribution in [3.8, 4) is 22.6 Å². The molecule has 0 saturated carbocycles. The Hall–Kier alpha value is -5.39. The van der Waals surface area contributed by atoms with Crippen LogP contribution in [0.4, 0.5) is 17.2 Å². The highest BCUT2D eigenvalue weighted by molar-refractivity contribution is 7.26. The van der Waals surface area contributed by atoms with E-state index in [1.165, 1.54) is 43.1 Å². The summed E-state index contributed by atoms with van der Waals surface area (Å²) in [5.41, 5.74) is 7.53. The molecule has 8 aromatic rings. The molecule has 9 rings (SSSR count). The molecule has 0 bridgehead atoms. The Labute approximate surface area is 265 Å². The van der Waals surface area contributed by atoms with E-state index in [0.29, 0.717) is 5.82 Å². The number of rotatable bonds is 3. The fraction of sp³-hybridized carbons (Fsp3) is 0.0750. The smallest absolute Gasteiger partial charge is 0.162 e. The van der Waals surface area contributed by atoms with Gasteiger partial charge in [-0.2, -0.15) is 0 Å². The second-order valence-corrected chi connectivity index (χ2v) is 13.1. The van der Waals surface area contributed by atoms with E-state index in [4.69, 9.17) is 15.0 Å². The summed E-state index contributed by atoms with van der Waals surface area (Å²) < 4.78 is 1.22. The van der Waals surface area contributed by atoms with E-state index in [-0.39, 0.29) is 5.41 Å². The Balaban J connectivity index is 1.45. The summed E-state index contributed by atoms with van der Waals surface area (Å²) in [5.74, 6) is 1.54. The summed E-state index contributed by atoms with van der Waals surface area (Å²) >= 11 is 1.77. The van der Waals surface area contributed by atoms with Crippen LogP contribution in [-0.2, 0) is 5.41 Å². The fourth-order valence-electron chi connectivity index (χ4n) is 7.09. The summed E-state index contributed by atoms with van der Waals surface area (Å²) in [6, 6.07) is 44.7. The number of fused-ring (bicyclic) bond motifs is 9. The second kappa shape index (κ2) is 9.81. The van der Waals surface area contributed by atoms with Crippen molar-refractivity contribution in [1.82, 2.24) is 15.0 Å². The average Bonchev–Trinajstić information content (AvgIpc) is 3.49. The Morgan fingerprint density at radius 2 is 1.31 bits per heavy atom. The van der Waals surface area contributed by atoms with Gasteiger partial charge in [0, 0.05) is 39.6 Å². The zero-order valence-electron chi connectivity index (χ0n) is 24.9. The van der Waals surface area contributed by atoms with Crippen molar-refractivity contribution in [2.45, 2.75) is 19.3 Å². The zero-order valence-corrected chi connectivity index (χ0v) is 25.7.